The molecule has 2 nitrogen and oxygen atoms in total. The van der Waals surface area contributed by atoms with E-state index in [1.54, 1.807) is 0 Å². The second-order valence-corrected chi connectivity index (χ2v) is 6.25. The van der Waals surface area contributed by atoms with Crippen LogP contribution in [0.3, 0.4) is 0 Å². The first kappa shape index (κ1) is 16.0. The van der Waals surface area contributed by atoms with Gasteiger partial charge < -0.3 is 10.6 Å². The van der Waals surface area contributed by atoms with Crippen molar-refractivity contribution in [3.8, 4) is 0 Å². The fourth-order valence-corrected chi connectivity index (χ4v) is 2.66. The van der Waals surface area contributed by atoms with Crippen molar-refractivity contribution in [3.63, 3.8) is 0 Å². The molecule has 0 aliphatic carbocycles. The predicted octanol–water partition coefficient (Wildman–Crippen LogP) is 5.20. The monoisotopic (exact) mass is 362 g/mol. The van der Waals surface area contributed by atoms with E-state index >= 15 is 0 Å². The van der Waals surface area contributed by atoms with Crippen LogP contribution in [-0.4, -0.2) is 5.11 Å². The molecule has 2 rings (SSSR count). The number of thiocarbonyl (C=S) groups is 1. The van der Waals surface area contributed by atoms with Crippen molar-refractivity contribution < 1.29 is 0 Å². The molecule has 1 atom stereocenters. The van der Waals surface area contributed by atoms with Gasteiger partial charge in [0.2, 0.25) is 0 Å². The lowest BCUT2D eigenvalue weighted by Crippen LogP contribution is -2.32. The highest BCUT2D eigenvalue weighted by atomic mass is 79.9. The summed E-state index contributed by atoms with van der Waals surface area (Å²) >= 11 is 8.89. The summed E-state index contributed by atoms with van der Waals surface area (Å²) in [5.74, 6) is 0. The van der Waals surface area contributed by atoms with Crippen LogP contribution in [0, 0.1) is 6.92 Å². The lowest BCUT2D eigenvalue weighted by molar-refractivity contribution is 0.629. The quantitative estimate of drug-likeness (QED) is 0.731. The van der Waals surface area contributed by atoms with Crippen molar-refractivity contribution in [1.29, 1.82) is 0 Å². The highest BCUT2D eigenvalue weighted by molar-refractivity contribution is 9.10. The van der Waals surface area contributed by atoms with E-state index in [0.29, 0.717) is 5.11 Å². The molecule has 2 N–H and O–H groups in total. The Morgan fingerprint density at radius 3 is 2.43 bits per heavy atom. The molecule has 110 valence electrons. The van der Waals surface area contributed by atoms with Gasteiger partial charge in [0.25, 0.3) is 0 Å². The second kappa shape index (κ2) is 7.57. The first-order valence-electron chi connectivity index (χ1n) is 6.98. The predicted molar refractivity (Wildman–Crippen MR) is 97.7 cm³/mol. The molecule has 0 saturated heterocycles. The molecule has 0 spiro atoms. The molecule has 0 amide bonds. The molecule has 0 unspecified atom stereocenters. The average molecular weight is 363 g/mol. The Hall–Kier alpha value is -1.39. The Balaban J connectivity index is 2.03. The number of anilines is 1. The molecular weight excluding hydrogens is 344 g/mol. The molecule has 0 radical (unpaired) electrons. The molecule has 0 bridgehead atoms. The van der Waals surface area contributed by atoms with E-state index in [-0.39, 0.29) is 6.04 Å². The number of halogens is 1. The van der Waals surface area contributed by atoms with Crippen LogP contribution in [0.25, 0.3) is 0 Å². The third-order valence-electron chi connectivity index (χ3n) is 3.38. The molecule has 0 aromatic heterocycles. The standard InChI is InChI=1S/C17H19BrN2S/c1-3-15(13-8-10-14(18)11-9-13)19-17(21)20-16-7-5-4-6-12(16)2/h4-11,15H,3H2,1-2H3,(H2,19,20,21)/t15-/m1/s1. The van der Waals surface area contributed by atoms with Gasteiger partial charge in [0.05, 0.1) is 6.04 Å². The normalized spacial score (nSPS) is 11.8. The minimum atomic E-state index is 0.210. The maximum Gasteiger partial charge on any atom is 0.171 e. The van der Waals surface area contributed by atoms with Crippen LogP contribution >= 0.6 is 28.1 Å². The summed E-state index contributed by atoms with van der Waals surface area (Å²) in [6.07, 6.45) is 0.969. The van der Waals surface area contributed by atoms with E-state index in [0.717, 1.165) is 16.6 Å². The number of rotatable bonds is 4. The van der Waals surface area contributed by atoms with Crippen molar-refractivity contribution in [3.05, 3.63) is 64.1 Å². The molecule has 21 heavy (non-hydrogen) atoms. The minimum absolute atomic E-state index is 0.210. The summed E-state index contributed by atoms with van der Waals surface area (Å²) in [6.45, 7) is 4.22. The zero-order valence-electron chi connectivity index (χ0n) is 12.2. The van der Waals surface area contributed by atoms with Gasteiger partial charge >= 0.3 is 0 Å². The minimum Gasteiger partial charge on any atom is -0.356 e. The van der Waals surface area contributed by atoms with Crippen LogP contribution in [-0.2, 0) is 0 Å². The van der Waals surface area contributed by atoms with Gasteiger partial charge in [0, 0.05) is 10.2 Å². The van der Waals surface area contributed by atoms with Gasteiger partial charge in [0.1, 0.15) is 0 Å². The summed E-state index contributed by atoms with van der Waals surface area (Å²) in [5.41, 5.74) is 3.45. The zero-order chi connectivity index (χ0) is 15.2. The molecule has 0 aliphatic rings. The van der Waals surface area contributed by atoms with E-state index in [2.05, 4.69) is 70.7 Å². The average Bonchev–Trinajstić information content (AvgIpc) is 2.48. The molecule has 4 heteroatoms. The molecule has 2 aromatic rings. The van der Waals surface area contributed by atoms with Crippen molar-refractivity contribution in [2.24, 2.45) is 0 Å². The Morgan fingerprint density at radius 1 is 1.14 bits per heavy atom. The topological polar surface area (TPSA) is 24.1 Å². The first-order chi connectivity index (χ1) is 10.1. The lowest BCUT2D eigenvalue weighted by Gasteiger charge is -2.20. The second-order valence-electron chi connectivity index (χ2n) is 4.93. The van der Waals surface area contributed by atoms with Crippen molar-refractivity contribution in [2.75, 3.05) is 5.32 Å². The van der Waals surface area contributed by atoms with E-state index in [9.17, 15) is 0 Å². The maximum atomic E-state index is 5.43. The molecule has 0 aliphatic heterocycles. The van der Waals surface area contributed by atoms with Crippen LogP contribution in [0.15, 0.2) is 53.0 Å². The number of benzene rings is 2. The zero-order valence-corrected chi connectivity index (χ0v) is 14.6. The molecule has 2 aromatic carbocycles. The first-order valence-corrected chi connectivity index (χ1v) is 8.19. The number of hydrogen-bond donors (Lipinski definition) is 2. The van der Waals surface area contributed by atoms with E-state index in [1.807, 2.05) is 18.2 Å². The summed E-state index contributed by atoms with van der Waals surface area (Å²) in [6, 6.07) is 16.7. The smallest absolute Gasteiger partial charge is 0.171 e. The summed E-state index contributed by atoms with van der Waals surface area (Å²) in [7, 11) is 0. The molecule has 0 fully saturated rings. The lowest BCUT2D eigenvalue weighted by atomic mass is 10.1. The fourth-order valence-electron chi connectivity index (χ4n) is 2.15. The Labute approximate surface area is 140 Å². The Kier molecular flexibility index (Phi) is 5.76. The van der Waals surface area contributed by atoms with Crippen LogP contribution in [0.1, 0.15) is 30.5 Å². The Morgan fingerprint density at radius 2 is 1.81 bits per heavy atom. The van der Waals surface area contributed by atoms with Gasteiger partial charge in [-0.15, -0.1) is 0 Å². The highest BCUT2D eigenvalue weighted by Gasteiger charge is 2.11. The van der Waals surface area contributed by atoms with E-state index < -0.39 is 0 Å². The third-order valence-corrected chi connectivity index (χ3v) is 4.13. The highest BCUT2D eigenvalue weighted by Crippen LogP contribution is 2.20. The van der Waals surface area contributed by atoms with Gasteiger partial charge in [-0.1, -0.05) is 53.2 Å². The molecular formula is C17H19BrN2S. The largest absolute Gasteiger partial charge is 0.356 e. The molecule has 0 saturated carbocycles. The number of para-hydroxylation sites is 1. The van der Waals surface area contributed by atoms with E-state index in [1.165, 1.54) is 11.1 Å². The third kappa shape index (κ3) is 4.55. The summed E-state index contributed by atoms with van der Waals surface area (Å²) < 4.78 is 1.08. The van der Waals surface area contributed by atoms with Crippen LogP contribution in [0.2, 0.25) is 0 Å². The van der Waals surface area contributed by atoms with Gasteiger partial charge in [-0.3, -0.25) is 0 Å². The van der Waals surface area contributed by atoms with Crippen molar-refractivity contribution >= 4 is 38.9 Å². The van der Waals surface area contributed by atoms with E-state index in [4.69, 9.17) is 12.2 Å². The maximum absolute atomic E-state index is 5.43. The van der Waals surface area contributed by atoms with Crippen molar-refractivity contribution in [1.82, 2.24) is 5.32 Å². The molecule has 0 heterocycles. The SMILES string of the molecule is CC[C@@H](NC(=S)Nc1ccccc1C)c1ccc(Br)cc1. The fraction of sp³-hybridized carbons (Fsp3) is 0.235. The van der Waals surface area contributed by atoms with Crippen LogP contribution in [0.5, 0.6) is 0 Å². The number of aryl methyl sites for hydroxylation is 1. The summed E-state index contributed by atoms with van der Waals surface area (Å²) in [4.78, 5) is 0. The van der Waals surface area contributed by atoms with Gasteiger partial charge in [-0.2, -0.15) is 0 Å². The summed E-state index contributed by atoms with van der Waals surface area (Å²) in [5, 5.41) is 7.30. The Bertz CT molecular complexity index is 610. The van der Waals surface area contributed by atoms with Crippen LogP contribution < -0.4 is 10.6 Å². The van der Waals surface area contributed by atoms with Crippen LogP contribution in [0.4, 0.5) is 5.69 Å². The van der Waals surface area contributed by atoms with Crippen molar-refractivity contribution in [2.45, 2.75) is 26.3 Å². The van der Waals surface area contributed by atoms with Gasteiger partial charge in [-0.05, 0) is 54.9 Å². The number of hydrogen-bond acceptors (Lipinski definition) is 1. The number of nitrogens with one attached hydrogen (secondary N) is 2. The van der Waals surface area contributed by atoms with Gasteiger partial charge in [-0.25, -0.2) is 0 Å². The van der Waals surface area contributed by atoms with Gasteiger partial charge in [0.15, 0.2) is 5.11 Å².